The van der Waals surface area contributed by atoms with Crippen molar-refractivity contribution >= 4 is 35.3 Å². The number of benzene rings is 1. The number of allylic oxidation sites excluding steroid dienone is 1. The number of nitrogens with zero attached hydrogens (tertiary/aromatic N) is 1. The molecule has 3 heterocycles. The predicted octanol–water partition coefficient (Wildman–Crippen LogP) is 5.73. The third-order valence-electron chi connectivity index (χ3n) is 5.08. The van der Waals surface area contributed by atoms with Crippen molar-refractivity contribution in [3.63, 3.8) is 0 Å². The van der Waals surface area contributed by atoms with E-state index in [2.05, 4.69) is 0 Å². The van der Waals surface area contributed by atoms with E-state index in [-0.39, 0.29) is 5.91 Å². The first-order chi connectivity index (χ1) is 15.3. The second kappa shape index (κ2) is 8.59. The Morgan fingerprint density at radius 3 is 2.25 bits per heavy atom. The fourth-order valence-corrected chi connectivity index (χ4v) is 3.78. The average Bonchev–Trinajstić information content (AvgIpc) is 3.45. The number of ether oxygens (including phenoxy) is 1. The molecule has 4 rings (SSSR count). The highest BCUT2D eigenvalue weighted by Crippen LogP contribution is 2.40. The summed E-state index contributed by atoms with van der Waals surface area (Å²) in [5.41, 5.74) is 2.03. The van der Waals surface area contributed by atoms with E-state index < -0.39 is 11.5 Å². The Kier molecular flexibility index (Phi) is 5.69. The standard InChI is InChI=1S/C26H23NO5/c1-18-17-26(2,3)27(24(28)12-9-19-6-4-14-30-19)23-11-8-21(16-22(18)23)32-25(29)13-10-20-7-5-15-31-20/h4-17H,1-3H3/b12-9-,13-10-. The minimum atomic E-state index is -0.536. The Labute approximate surface area is 186 Å². The lowest BCUT2D eigenvalue weighted by Gasteiger charge is -2.41. The number of amides is 1. The largest absolute Gasteiger partial charge is 0.465 e. The number of rotatable bonds is 5. The lowest BCUT2D eigenvalue weighted by molar-refractivity contribution is -0.129. The summed E-state index contributed by atoms with van der Waals surface area (Å²) >= 11 is 0. The van der Waals surface area contributed by atoms with Gasteiger partial charge in [-0.05, 0) is 81.0 Å². The van der Waals surface area contributed by atoms with Crippen LogP contribution < -0.4 is 9.64 Å². The van der Waals surface area contributed by atoms with Crippen molar-refractivity contribution in [2.45, 2.75) is 26.3 Å². The van der Waals surface area contributed by atoms with E-state index in [0.29, 0.717) is 17.3 Å². The summed E-state index contributed by atoms with van der Waals surface area (Å²) in [6, 6.07) is 12.3. The van der Waals surface area contributed by atoms with Crippen molar-refractivity contribution in [3.8, 4) is 5.75 Å². The number of hydrogen-bond acceptors (Lipinski definition) is 5. The normalized spacial score (nSPS) is 15.1. The lowest BCUT2D eigenvalue weighted by Crippen LogP contribution is -2.48. The Morgan fingerprint density at radius 2 is 1.62 bits per heavy atom. The van der Waals surface area contributed by atoms with E-state index in [0.717, 1.165) is 16.8 Å². The van der Waals surface area contributed by atoms with Gasteiger partial charge in [0.05, 0.1) is 23.8 Å². The van der Waals surface area contributed by atoms with Crippen molar-refractivity contribution in [1.29, 1.82) is 0 Å². The van der Waals surface area contributed by atoms with Crippen LogP contribution in [0, 0.1) is 0 Å². The molecule has 0 N–H and O–H groups in total. The fourth-order valence-electron chi connectivity index (χ4n) is 3.78. The third-order valence-corrected chi connectivity index (χ3v) is 5.08. The molecule has 0 saturated heterocycles. The van der Waals surface area contributed by atoms with Crippen LogP contribution in [-0.2, 0) is 9.59 Å². The number of anilines is 1. The van der Waals surface area contributed by atoms with Gasteiger partial charge in [0.25, 0.3) is 5.91 Å². The van der Waals surface area contributed by atoms with E-state index in [9.17, 15) is 9.59 Å². The molecule has 0 spiro atoms. The Balaban J connectivity index is 1.58. The summed E-state index contributed by atoms with van der Waals surface area (Å²) in [7, 11) is 0. The molecule has 0 unspecified atom stereocenters. The molecule has 0 aliphatic carbocycles. The van der Waals surface area contributed by atoms with Gasteiger partial charge in [-0.15, -0.1) is 0 Å². The molecule has 0 saturated carbocycles. The summed E-state index contributed by atoms with van der Waals surface area (Å²) in [5.74, 6) is 0.856. The molecular formula is C26H23NO5. The fraction of sp³-hybridized carbons (Fsp3) is 0.154. The van der Waals surface area contributed by atoms with Crippen LogP contribution in [0.4, 0.5) is 5.69 Å². The molecule has 6 heteroatoms. The van der Waals surface area contributed by atoms with Gasteiger partial charge in [-0.1, -0.05) is 6.08 Å². The van der Waals surface area contributed by atoms with E-state index in [4.69, 9.17) is 13.6 Å². The summed E-state index contributed by atoms with van der Waals surface area (Å²) in [5, 5.41) is 0. The monoisotopic (exact) mass is 429 g/mol. The molecule has 0 fully saturated rings. The molecule has 1 aliphatic rings. The van der Waals surface area contributed by atoms with Crippen molar-refractivity contribution in [3.05, 3.63) is 90.3 Å². The highest BCUT2D eigenvalue weighted by atomic mass is 16.5. The van der Waals surface area contributed by atoms with E-state index in [1.165, 1.54) is 18.4 Å². The van der Waals surface area contributed by atoms with Crippen LogP contribution in [0.1, 0.15) is 37.9 Å². The quantitative estimate of drug-likeness (QED) is 0.294. The minimum Gasteiger partial charge on any atom is -0.465 e. The minimum absolute atomic E-state index is 0.178. The Hall–Kier alpha value is -4.06. The molecule has 0 bridgehead atoms. The molecule has 0 radical (unpaired) electrons. The number of furan rings is 2. The van der Waals surface area contributed by atoms with Crippen LogP contribution in [0.3, 0.4) is 0 Å². The first-order valence-corrected chi connectivity index (χ1v) is 10.2. The van der Waals surface area contributed by atoms with Crippen LogP contribution in [0.5, 0.6) is 5.75 Å². The molecule has 0 atom stereocenters. The van der Waals surface area contributed by atoms with Gasteiger partial charge in [-0.3, -0.25) is 9.69 Å². The second-order valence-electron chi connectivity index (χ2n) is 7.95. The highest BCUT2D eigenvalue weighted by molar-refractivity contribution is 6.08. The zero-order valence-electron chi connectivity index (χ0n) is 18.1. The van der Waals surface area contributed by atoms with Crippen LogP contribution in [0.25, 0.3) is 17.7 Å². The van der Waals surface area contributed by atoms with Gasteiger partial charge in [0.2, 0.25) is 0 Å². The molecule has 162 valence electrons. The molecule has 6 nitrogen and oxygen atoms in total. The van der Waals surface area contributed by atoms with Gasteiger partial charge in [0.1, 0.15) is 17.3 Å². The summed E-state index contributed by atoms with van der Waals surface area (Å²) in [4.78, 5) is 27.0. The van der Waals surface area contributed by atoms with Crippen LogP contribution >= 0.6 is 0 Å². The molecule has 32 heavy (non-hydrogen) atoms. The van der Waals surface area contributed by atoms with Gasteiger partial charge >= 0.3 is 5.97 Å². The zero-order chi connectivity index (χ0) is 22.7. The molecule has 2 aromatic heterocycles. The van der Waals surface area contributed by atoms with Gasteiger partial charge < -0.3 is 13.6 Å². The van der Waals surface area contributed by atoms with Crippen molar-refractivity contribution < 1.29 is 23.2 Å². The molecule has 3 aromatic rings. The maximum Gasteiger partial charge on any atom is 0.336 e. The van der Waals surface area contributed by atoms with Crippen LogP contribution in [0.15, 0.2) is 82.1 Å². The topological polar surface area (TPSA) is 72.9 Å². The zero-order valence-corrected chi connectivity index (χ0v) is 18.1. The number of carbonyl (C=O) groups is 2. The highest BCUT2D eigenvalue weighted by Gasteiger charge is 2.35. The maximum atomic E-state index is 13.1. The molecular weight excluding hydrogens is 406 g/mol. The summed E-state index contributed by atoms with van der Waals surface area (Å²) in [6.45, 7) is 5.93. The average molecular weight is 429 g/mol. The summed E-state index contributed by atoms with van der Waals surface area (Å²) < 4.78 is 15.9. The number of carbonyl (C=O) groups excluding carboxylic acids is 2. The number of hydrogen-bond donors (Lipinski definition) is 0. The van der Waals surface area contributed by atoms with Gasteiger partial charge in [-0.2, -0.15) is 0 Å². The number of fused-ring (bicyclic) bond motifs is 1. The molecule has 1 aromatic carbocycles. The third kappa shape index (κ3) is 4.49. The van der Waals surface area contributed by atoms with Crippen molar-refractivity contribution in [1.82, 2.24) is 0 Å². The van der Waals surface area contributed by atoms with E-state index >= 15 is 0 Å². The van der Waals surface area contributed by atoms with Gasteiger partial charge in [0, 0.05) is 17.7 Å². The van der Waals surface area contributed by atoms with Crippen LogP contribution in [0.2, 0.25) is 0 Å². The number of esters is 1. The maximum absolute atomic E-state index is 13.1. The Morgan fingerprint density at radius 1 is 0.969 bits per heavy atom. The van der Waals surface area contributed by atoms with E-state index in [1.807, 2.05) is 26.8 Å². The van der Waals surface area contributed by atoms with Gasteiger partial charge in [0.15, 0.2) is 0 Å². The van der Waals surface area contributed by atoms with E-state index in [1.54, 1.807) is 65.8 Å². The van der Waals surface area contributed by atoms with Crippen LogP contribution in [-0.4, -0.2) is 17.4 Å². The van der Waals surface area contributed by atoms with Gasteiger partial charge in [-0.25, -0.2) is 4.79 Å². The van der Waals surface area contributed by atoms with Crippen molar-refractivity contribution in [2.24, 2.45) is 0 Å². The lowest BCUT2D eigenvalue weighted by atomic mass is 9.88. The Bertz CT molecular complexity index is 1210. The first kappa shape index (κ1) is 21.2. The van der Waals surface area contributed by atoms with Crippen molar-refractivity contribution in [2.75, 3.05) is 4.90 Å². The first-order valence-electron chi connectivity index (χ1n) is 10.2. The SMILES string of the molecule is CC1=CC(C)(C)N(C(=O)/C=C\c2ccco2)c2ccc(OC(=O)/C=C\c3ccco3)cc21. The predicted molar refractivity (Wildman–Crippen MR) is 123 cm³/mol. The second-order valence-corrected chi connectivity index (χ2v) is 7.95. The molecule has 1 aliphatic heterocycles. The summed E-state index contributed by atoms with van der Waals surface area (Å²) in [6.07, 6.45) is 11.1. The smallest absolute Gasteiger partial charge is 0.336 e. The molecule has 1 amide bonds.